The molecule has 5 heteroatoms. The van der Waals surface area contributed by atoms with Gasteiger partial charge in [-0.2, -0.15) is 10.1 Å². The Morgan fingerprint density at radius 3 is 3.00 bits per heavy atom. The molecular weight excluding hydrogens is 228 g/mol. The van der Waals surface area contributed by atoms with Gasteiger partial charge in [0.25, 0.3) is 5.56 Å². The molecule has 0 N–H and O–H groups in total. The largest absolute Gasteiger partial charge is 0.318 e. The lowest BCUT2D eigenvalue weighted by Crippen LogP contribution is -2.15. The Kier molecular flexibility index (Phi) is 1.63. The van der Waals surface area contributed by atoms with Crippen molar-refractivity contribution in [2.45, 2.75) is 6.54 Å². The van der Waals surface area contributed by atoms with Crippen LogP contribution in [0.2, 0.25) is 0 Å². The second-order valence-electron chi connectivity index (χ2n) is 4.49. The number of hydrogen-bond acceptors (Lipinski definition) is 3. The van der Waals surface area contributed by atoms with Gasteiger partial charge in [0, 0.05) is 12.6 Å². The highest BCUT2D eigenvalue weighted by Gasteiger charge is 2.22. The molecule has 2 aromatic heterocycles. The van der Waals surface area contributed by atoms with E-state index in [-0.39, 0.29) is 5.56 Å². The van der Waals surface area contributed by atoms with Crippen molar-refractivity contribution in [3.63, 3.8) is 0 Å². The van der Waals surface area contributed by atoms with Crippen molar-refractivity contribution < 1.29 is 0 Å². The number of aromatic nitrogens is 4. The summed E-state index contributed by atoms with van der Waals surface area (Å²) in [5.74, 6) is 0.746. The smallest absolute Gasteiger partial charge is 0.299 e. The molecule has 3 heterocycles. The van der Waals surface area contributed by atoms with E-state index in [0.717, 1.165) is 23.4 Å². The molecule has 18 heavy (non-hydrogen) atoms. The van der Waals surface area contributed by atoms with E-state index in [1.807, 2.05) is 18.2 Å². The molecule has 0 saturated heterocycles. The van der Waals surface area contributed by atoms with Crippen LogP contribution in [0.3, 0.4) is 0 Å². The van der Waals surface area contributed by atoms with Crippen LogP contribution in [-0.2, 0) is 13.6 Å². The quantitative estimate of drug-likeness (QED) is 0.462. The molecule has 0 saturated carbocycles. The van der Waals surface area contributed by atoms with Crippen LogP contribution in [-0.4, -0.2) is 19.3 Å². The van der Waals surface area contributed by atoms with Gasteiger partial charge in [0.2, 0.25) is 0 Å². The van der Waals surface area contributed by atoms with Crippen LogP contribution in [0, 0.1) is 0 Å². The summed E-state index contributed by atoms with van der Waals surface area (Å²) in [6, 6.07) is 8.04. The molecule has 0 spiro atoms. The van der Waals surface area contributed by atoms with Crippen LogP contribution in [0.1, 0.15) is 5.56 Å². The summed E-state index contributed by atoms with van der Waals surface area (Å²) in [5.41, 5.74) is 3.43. The van der Waals surface area contributed by atoms with Gasteiger partial charge < -0.3 is 4.57 Å². The lowest BCUT2D eigenvalue weighted by Gasteiger charge is -2.04. The summed E-state index contributed by atoms with van der Waals surface area (Å²) >= 11 is 0. The van der Waals surface area contributed by atoms with E-state index in [1.165, 1.54) is 5.56 Å². The lowest BCUT2D eigenvalue weighted by atomic mass is 10.1. The molecule has 1 aliphatic heterocycles. The Balaban J connectivity index is 2.18. The second-order valence-corrected chi connectivity index (χ2v) is 4.49. The summed E-state index contributed by atoms with van der Waals surface area (Å²) in [6.07, 6.45) is 1.73. The molecule has 88 valence electrons. The zero-order chi connectivity index (χ0) is 12.3. The third kappa shape index (κ3) is 1.03. The fourth-order valence-electron chi connectivity index (χ4n) is 2.61. The minimum atomic E-state index is -0.215. The number of nitrogens with zero attached hydrogens (tertiary/aromatic N) is 4. The monoisotopic (exact) mass is 238 g/mol. The summed E-state index contributed by atoms with van der Waals surface area (Å²) in [6.45, 7) is 0.751. The first-order valence-electron chi connectivity index (χ1n) is 5.76. The highest BCUT2D eigenvalue weighted by atomic mass is 16.1. The Bertz CT molecular complexity index is 844. The minimum Gasteiger partial charge on any atom is -0.318 e. The third-order valence-electron chi connectivity index (χ3n) is 3.46. The van der Waals surface area contributed by atoms with Gasteiger partial charge in [-0.25, -0.2) is 0 Å². The zero-order valence-corrected chi connectivity index (χ0v) is 9.79. The molecule has 4 rings (SSSR count). The maximum atomic E-state index is 12.0. The van der Waals surface area contributed by atoms with Crippen molar-refractivity contribution in [3.8, 4) is 11.4 Å². The maximum Gasteiger partial charge on any atom is 0.299 e. The normalized spacial score (nSPS) is 12.7. The molecule has 0 amide bonds. The van der Waals surface area contributed by atoms with Gasteiger partial charge in [-0.05, 0) is 5.56 Å². The molecular formula is C13H10N4O. The van der Waals surface area contributed by atoms with Crippen molar-refractivity contribution >= 4 is 11.0 Å². The van der Waals surface area contributed by atoms with Crippen LogP contribution < -0.4 is 5.56 Å². The molecule has 1 aliphatic rings. The summed E-state index contributed by atoms with van der Waals surface area (Å²) in [5, 5.41) is 4.15. The van der Waals surface area contributed by atoms with Gasteiger partial charge >= 0.3 is 0 Å². The van der Waals surface area contributed by atoms with Crippen LogP contribution >= 0.6 is 0 Å². The minimum absolute atomic E-state index is 0.215. The third-order valence-corrected chi connectivity index (χ3v) is 3.46. The van der Waals surface area contributed by atoms with Crippen LogP contribution in [0.5, 0.6) is 0 Å². The fraction of sp³-hybridized carbons (Fsp3) is 0.154. The Labute approximate surface area is 102 Å². The van der Waals surface area contributed by atoms with Gasteiger partial charge in [0.05, 0.1) is 18.3 Å². The Morgan fingerprint density at radius 1 is 1.28 bits per heavy atom. The van der Waals surface area contributed by atoms with Gasteiger partial charge in [-0.1, -0.05) is 24.3 Å². The van der Waals surface area contributed by atoms with E-state index in [4.69, 9.17) is 0 Å². The van der Waals surface area contributed by atoms with Crippen LogP contribution in [0.25, 0.3) is 22.4 Å². The highest BCUT2D eigenvalue weighted by Crippen LogP contribution is 2.31. The van der Waals surface area contributed by atoms with Gasteiger partial charge in [-0.15, -0.1) is 0 Å². The molecule has 0 unspecified atom stereocenters. The molecule has 0 aliphatic carbocycles. The van der Waals surface area contributed by atoms with E-state index < -0.39 is 0 Å². The van der Waals surface area contributed by atoms with Crippen molar-refractivity contribution in [1.82, 2.24) is 19.3 Å². The first-order valence-corrected chi connectivity index (χ1v) is 5.76. The van der Waals surface area contributed by atoms with Crippen molar-refractivity contribution in [3.05, 3.63) is 46.4 Å². The molecule has 0 bridgehead atoms. The second kappa shape index (κ2) is 3.07. The number of benzene rings is 1. The first kappa shape index (κ1) is 9.58. The van der Waals surface area contributed by atoms with Gasteiger partial charge in [0.1, 0.15) is 5.82 Å². The maximum absolute atomic E-state index is 12.0. The van der Waals surface area contributed by atoms with E-state index in [1.54, 1.807) is 17.9 Å². The summed E-state index contributed by atoms with van der Waals surface area (Å²) in [7, 11) is 1.76. The standard InChI is InChI=1S/C13H10N4O/c1-16-11-10(6-14-16)17-7-8-4-2-3-5-9(8)12(17)15-13(11)18/h2-6H,7H2,1H3. The predicted molar refractivity (Wildman–Crippen MR) is 67.3 cm³/mol. The highest BCUT2D eigenvalue weighted by molar-refractivity contribution is 5.79. The van der Waals surface area contributed by atoms with Crippen molar-refractivity contribution in [2.24, 2.45) is 7.05 Å². The number of rotatable bonds is 0. The number of hydrogen-bond donors (Lipinski definition) is 0. The van der Waals surface area contributed by atoms with E-state index in [9.17, 15) is 4.79 Å². The first-order chi connectivity index (χ1) is 8.75. The molecule has 0 fully saturated rings. The van der Waals surface area contributed by atoms with Crippen LogP contribution in [0.15, 0.2) is 35.3 Å². The Hall–Kier alpha value is -2.43. The number of fused-ring (bicyclic) bond motifs is 5. The van der Waals surface area contributed by atoms with Gasteiger partial charge in [-0.3, -0.25) is 9.48 Å². The average molecular weight is 238 g/mol. The molecule has 5 nitrogen and oxygen atoms in total. The summed E-state index contributed by atoms with van der Waals surface area (Å²) in [4.78, 5) is 16.2. The molecule has 0 atom stereocenters. The molecule has 3 aromatic rings. The van der Waals surface area contributed by atoms with E-state index >= 15 is 0 Å². The molecule has 0 radical (unpaired) electrons. The topological polar surface area (TPSA) is 52.7 Å². The average Bonchev–Trinajstić information content (AvgIpc) is 2.92. The number of aryl methyl sites for hydroxylation is 1. The Morgan fingerprint density at radius 2 is 2.11 bits per heavy atom. The predicted octanol–water partition coefficient (Wildman–Crippen LogP) is 1.16. The lowest BCUT2D eigenvalue weighted by molar-refractivity contribution is 0.790. The zero-order valence-electron chi connectivity index (χ0n) is 9.79. The fourth-order valence-corrected chi connectivity index (χ4v) is 2.61. The van der Waals surface area contributed by atoms with E-state index in [2.05, 4.69) is 20.7 Å². The van der Waals surface area contributed by atoms with E-state index in [0.29, 0.717) is 5.52 Å². The molecule has 1 aromatic carbocycles. The van der Waals surface area contributed by atoms with Crippen LogP contribution in [0.4, 0.5) is 0 Å². The SMILES string of the molecule is Cn1ncc2c1c(=O)nc1n2Cc2ccccc2-1. The van der Waals surface area contributed by atoms with Crippen molar-refractivity contribution in [1.29, 1.82) is 0 Å². The van der Waals surface area contributed by atoms with Crippen molar-refractivity contribution in [2.75, 3.05) is 0 Å². The van der Waals surface area contributed by atoms with Gasteiger partial charge in [0.15, 0.2) is 5.52 Å². The summed E-state index contributed by atoms with van der Waals surface area (Å²) < 4.78 is 3.63.